The van der Waals surface area contributed by atoms with Gasteiger partial charge in [-0.25, -0.2) is 13.6 Å². The molecule has 24 heavy (non-hydrogen) atoms. The van der Waals surface area contributed by atoms with Crippen molar-refractivity contribution >= 4 is 17.7 Å². The normalized spacial score (nSPS) is 15.1. The molecule has 0 unspecified atom stereocenters. The summed E-state index contributed by atoms with van der Waals surface area (Å²) in [5.41, 5.74) is 0.595. The molecule has 0 aliphatic carbocycles. The van der Waals surface area contributed by atoms with E-state index < -0.39 is 17.6 Å². The lowest BCUT2D eigenvalue weighted by molar-refractivity contribution is -0.137. The summed E-state index contributed by atoms with van der Waals surface area (Å²) in [6, 6.07) is 3.56. The van der Waals surface area contributed by atoms with E-state index in [1.165, 1.54) is 6.07 Å². The second-order valence-corrected chi connectivity index (χ2v) is 5.66. The number of rotatable bonds is 5. The maximum Gasteiger partial charge on any atom is 0.317 e. The molecule has 1 heterocycles. The molecular weight excluding hydrogens is 320 g/mol. The van der Waals surface area contributed by atoms with Crippen molar-refractivity contribution in [3.05, 3.63) is 29.8 Å². The van der Waals surface area contributed by atoms with Crippen LogP contribution in [0, 0.1) is 11.6 Å². The Hall–Kier alpha value is -2.38. The van der Waals surface area contributed by atoms with Gasteiger partial charge < -0.3 is 20.2 Å². The van der Waals surface area contributed by atoms with Crippen LogP contribution in [-0.2, 0) is 4.79 Å². The summed E-state index contributed by atoms with van der Waals surface area (Å²) in [5, 5.41) is 11.3. The molecule has 1 aliphatic rings. The van der Waals surface area contributed by atoms with Crippen LogP contribution in [0.2, 0.25) is 0 Å². The molecule has 132 valence electrons. The van der Waals surface area contributed by atoms with Crippen LogP contribution in [0.1, 0.15) is 19.3 Å². The number of nitrogens with one attached hydrogen (secondary N) is 1. The predicted octanol–water partition coefficient (Wildman–Crippen LogP) is 2.05. The van der Waals surface area contributed by atoms with Crippen molar-refractivity contribution in [2.75, 3.05) is 37.6 Å². The molecule has 0 saturated carbocycles. The van der Waals surface area contributed by atoms with E-state index in [2.05, 4.69) is 5.32 Å². The van der Waals surface area contributed by atoms with Crippen molar-refractivity contribution in [1.29, 1.82) is 0 Å². The molecule has 0 radical (unpaired) electrons. The smallest absolute Gasteiger partial charge is 0.317 e. The lowest BCUT2D eigenvalue weighted by atomic mass is 10.2. The highest BCUT2D eigenvalue weighted by Crippen LogP contribution is 2.19. The molecule has 8 heteroatoms. The third kappa shape index (κ3) is 5.07. The summed E-state index contributed by atoms with van der Waals surface area (Å²) < 4.78 is 26.4. The number of carbonyl (C=O) groups excluding carboxylic acids is 1. The largest absolute Gasteiger partial charge is 0.481 e. The monoisotopic (exact) mass is 341 g/mol. The van der Waals surface area contributed by atoms with Gasteiger partial charge in [-0.05, 0) is 25.0 Å². The van der Waals surface area contributed by atoms with Crippen molar-refractivity contribution in [3.8, 4) is 0 Å². The third-order valence-corrected chi connectivity index (χ3v) is 3.90. The van der Waals surface area contributed by atoms with Gasteiger partial charge in [-0.1, -0.05) is 0 Å². The molecule has 1 aliphatic heterocycles. The zero-order valence-corrected chi connectivity index (χ0v) is 13.3. The Bertz CT molecular complexity index is 598. The first-order valence-corrected chi connectivity index (χ1v) is 7.92. The van der Waals surface area contributed by atoms with Gasteiger partial charge in [0.15, 0.2) is 11.6 Å². The van der Waals surface area contributed by atoms with Crippen molar-refractivity contribution in [2.45, 2.75) is 19.3 Å². The number of amides is 2. The number of carboxylic acid groups (broad SMARTS) is 1. The number of anilines is 1. The van der Waals surface area contributed by atoms with Gasteiger partial charge in [-0.3, -0.25) is 4.79 Å². The molecule has 0 spiro atoms. The molecular formula is C16H21F2N3O3. The van der Waals surface area contributed by atoms with Crippen molar-refractivity contribution in [1.82, 2.24) is 10.2 Å². The highest BCUT2D eigenvalue weighted by Gasteiger charge is 2.19. The first-order valence-electron chi connectivity index (χ1n) is 7.92. The summed E-state index contributed by atoms with van der Waals surface area (Å²) in [4.78, 5) is 26.1. The van der Waals surface area contributed by atoms with Crippen molar-refractivity contribution in [2.24, 2.45) is 0 Å². The van der Waals surface area contributed by atoms with E-state index in [4.69, 9.17) is 5.11 Å². The molecule has 2 rings (SSSR count). The average Bonchev–Trinajstić information content (AvgIpc) is 2.80. The fourth-order valence-electron chi connectivity index (χ4n) is 2.61. The molecule has 1 aromatic carbocycles. The van der Waals surface area contributed by atoms with Crippen molar-refractivity contribution < 1.29 is 23.5 Å². The second kappa shape index (κ2) is 8.47. The van der Waals surface area contributed by atoms with Crippen LogP contribution in [-0.4, -0.2) is 54.7 Å². The van der Waals surface area contributed by atoms with E-state index in [0.29, 0.717) is 51.3 Å². The number of aliphatic carboxylic acids is 1. The molecule has 1 fully saturated rings. The van der Waals surface area contributed by atoms with Crippen LogP contribution in [0.3, 0.4) is 0 Å². The van der Waals surface area contributed by atoms with Crippen LogP contribution >= 0.6 is 0 Å². The van der Waals surface area contributed by atoms with E-state index >= 15 is 0 Å². The van der Waals surface area contributed by atoms with E-state index in [1.54, 1.807) is 4.90 Å². The number of hydrogen-bond donors (Lipinski definition) is 2. The summed E-state index contributed by atoms with van der Waals surface area (Å²) >= 11 is 0. The highest BCUT2D eigenvalue weighted by molar-refractivity contribution is 5.74. The fourth-order valence-corrected chi connectivity index (χ4v) is 2.61. The zero-order valence-electron chi connectivity index (χ0n) is 13.3. The Morgan fingerprint density at radius 3 is 2.62 bits per heavy atom. The van der Waals surface area contributed by atoms with Gasteiger partial charge in [-0.2, -0.15) is 0 Å². The van der Waals surface area contributed by atoms with Crippen LogP contribution < -0.4 is 10.2 Å². The molecule has 6 nitrogen and oxygen atoms in total. The highest BCUT2D eigenvalue weighted by atomic mass is 19.2. The topological polar surface area (TPSA) is 72.9 Å². The van der Waals surface area contributed by atoms with E-state index in [1.807, 2.05) is 4.90 Å². The van der Waals surface area contributed by atoms with Gasteiger partial charge in [0.2, 0.25) is 0 Å². The molecule has 0 bridgehead atoms. The van der Waals surface area contributed by atoms with Crippen molar-refractivity contribution in [3.63, 3.8) is 0 Å². The van der Waals surface area contributed by atoms with Gasteiger partial charge in [0.05, 0.1) is 0 Å². The number of benzene rings is 1. The van der Waals surface area contributed by atoms with E-state index in [9.17, 15) is 18.4 Å². The second-order valence-electron chi connectivity index (χ2n) is 5.66. The maximum atomic E-state index is 13.4. The van der Waals surface area contributed by atoms with Gasteiger partial charge in [0.1, 0.15) is 0 Å². The van der Waals surface area contributed by atoms with Crippen LogP contribution in [0.5, 0.6) is 0 Å². The maximum absolute atomic E-state index is 13.4. The Morgan fingerprint density at radius 1 is 1.12 bits per heavy atom. The summed E-state index contributed by atoms with van der Waals surface area (Å²) in [5.74, 6) is -2.65. The average molecular weight is 341 g/mol. The number of hydrogen-bond acceptors (Lipinski definition) is 3. The summed E-state index contributed by atoms with van der Waals surface area (Å²) in [7, 11) is 0. The Labute approximate surface area is 139 Å². The van der Waals surface area contributed by atoms with Crippen LogP contribution in [0.4, 0.5) is 19.3 Å². The number of halogens is 2. The van der Waals surface area contributed by atoms with E-state index in [-0.39, 0.29) is 12.5 Å². The van der Waals surface area contributed by atoms with Crippen LogP contribution in [0.25, 0.3) is 0 Å². The Kier molecular flexibility index (Phi) is 6.34. The molecule has 0 atom stereocenters. The SMILES string of the molecule is O=C(O)CCCNC(=O)N1CCCN(c2ccc(F)c(F)c2)CC1. The first-order chi connectivity index (χ1) is 11.5. The number of urea groups is 1. The first kappa shape index (κ1) is 18.0. The number of carbonyl (C=O) groups is 2. The Morgan fingerprint density at radius 2 is 1.92 bits per heavy atom. The minimum atomic E-state index is -0.888. The summed E-state index contributed by atoms with van der Waals surface area (Å²) in [6.45, 7) is 2.50. The predicted molar refractivity (Wildman–Crippen MR) is 85.0 cm³/mol. The molecule has 0 aromatic heterocycles. The standard InChI is InChI=1S/C16H21F2N3O3/c17-13-5-4-12(11-14(13)18)20-7-2-8-21(10-9-20)16(24)19-6-1-3-15(22)23/h4-5,11H,1-3,6-10H2,(H,19,24)(H,22,23). The zero-order chi connectivity index (χ0) is 17.5. The van der Waals surface area contributed by atoms with Gasteiger partial charge in [0, 0.05) is 50.9 Å². The fraction of sp³-hybridized carbons (Fsp3) is 0.500. The van der Waals surface area contributed by atoms with Gasteiger partial charge >= 0.3 is 12.0 Å². The van der Waals surface area contributed by atoms with Gasteiger partial charge in [-0.15, -0.1) is 0 Å². The molecule has 1 aromatic rings. The number of carboxylic acids is 1. The van der Waals surface area contributed by atoms with E-state index in [0.717, 1.165) is 12.1 Å². The number of nitrogens with zero attached hydrogens (tertiary/aromatic N) is 2. The van der Waals surface area contributed by atoms with Gasteiger partial charge in [0.25, 0.3) is 0 Å². The minimum Gasteiger partial charge on any atom is -0.481 e. The third-order valence-electron chi connectivity index (χ3n) is 3.90. The lowest BCUT2D eigenvalue weighted by Crippen LogP contribution is -2.42. The van der Waals surface area contributed by atoms with Crippen LogP contribution in [0.15, 0.2) is 18.2 Å². The molecule has 2 N–H and O–H groups in total. The lowest BCUT2D eigenvalue weighted by Gasteiger charge is -2.24. The Balaban J connectivity index is 1.84. The molecule has 2 amide bonds. The molecule has 1 saturated heterocycles. The summed E-state index contributed by atoms with van der Waals surface area (Å²) in [6.07, 6.45) is 1.11. The quantitative estimate of drug-likeness (QED) is 0.804. The minimum absolute atomic E-state index is 0.0180.